The molecule has 100 valence electrons. The van der Waals surface area contributed by atoms with Crippen molar-refractivity contribution in [2.45, 2.75) is 64.4 Å². The Labute approximate surface area is 106 Å². The Morgan fingerprint density at radius 3 is 2.41 bits per heavy atom. The summed E-state index contributed by atoms with van der Waals surface area (Å²) in [4.78, 5) is 0. The maximum Gasteiger partial charge on any atom is 0.208 e. The maximum atomic E-state index is 6.07. The van der Waals surface area contributed by atoms with Crippen molar-refractivity contribution in [3.63, 3.8) is 0 Å². The maximum absolute atomic E-state index is 6.07. The summed E-state index contributed by atoms with van der Waals surface area (Å²) in [5.74, 6) is 0. The molecule has 0 N–H and O–H groups in total. The minimum atomic E-state index is -0.0305. The molecule has 2 aliphatic rings. The zero-order valence-corrected chi connectivity index (χ0v) is 11.9. The molecule has 0 saturated carbocycles. The van der Waals surface area contributed by atoms with Crippen LogP contribution in [-0.2, 0) is 9.47 Å². The van der Waals surface area contributed by atoms with E-state index < -0.39 is 0 Å². The number of hydrogen-bond donors (Lipinski definition) is 0. The smallest absolute Gasteiger partial charge is 0.208 e. The van der Waals surface area contributed by atoms with Crippen LogP contribution in [0.2, 0.25) is 0 Å². The van der Waals surface area contributed by atoms with Gasteiger partial charge in [0.15, 0.2) is 0 Å². The molecule has 0 aromatic rings. The molecular weight excluding hydrogens is 214 g/mol. The zero-order chi connectivity index (χ0) is 12.5. The summed E-state index contributed by atoms with van der Waals surface area (Å²) in [7, 11) is 2.35. The zero-order valence-electron chi connectivity index (χ0n) is 11.9. The molecule has 2 fully saturated rings. The number of piperidine rings is 1. The third kappa shape index (κ3) is 3.67. The van der Waals surface area contributed by atoms with Gasteiger partial charge in [0.25, 0.3) is 0 Å². The van der Waals surface area contributed by atoms with E-state index in [1.54, 1.807) is 0 Å². The Balaban J connectivity index is 1.93. The number of quaternary nitrogens is 1. The molecule has 2 heterocycles. The number of ether oxygens (including phenoxy) is 2. The van der Waals surface area contributed by atoms with Crippen molar-refractivity contribution < 1.29 is 14.0 Å². The van der Waals surface area contributed by atoms with Crippen LogP contribution in [0.1, 0.15) is 46.5 Å². The lowest BCUT2D eigenvalue weighted by Crippen LogP contribution is -2.56. The molecule has 3 nitrogen and oxygen atoms in total. The summed E-state index contributed by atoms with van der Waals surface area (Å²) in [6.45, 7) is 10.1. The average molecular weight is 242 g/mol. The monoisotopic (exact) mass is 242 g/mol. The molecule has 0 aromatic heterocycles. The van der Waals surface area contributed by atoms with Crippen LogP contribution >= 0.6 is 0 Å². The van der Waals surface area contributed by atoms with Crippen molar-refractivity contribution in [2.75, 3.05) is 26.7 Å². The highest BCUT2D eigenvalue weighted by atomic mass is 16.7. The molecular formula is C14H28NO2+. The Morgan fingerprint density at radius 1 is 1.18 bits per heavy atom. The Kier molecular flexibility index (Phi) is 3.81. The van der Waals surface area contributed by atoms with Crippen molar-refractivity contribution in [1.29, 1.82) is 0 Å². The first-order valence-corrected chi connectivity index (χ1v) is 7.05. The van der Waals surface area contributed by atoms with Crippen molar-refractivity contribution in [2.24, 2.45) is 0 Å². The summed E-state index contributed by atoms with van der Waals surface area (Å²) in [6.07, 6.45) is 5.39. The van der Waals surface area contributed by atoms with E-state index in [9.17, 15) is 0 Å². The van der Waals surface area contributed by atoms with Crippen molar-refractivity contribution in [3.05, 3.63) is 0 Å². The fourth-order valence-corrected chi connectivity index (χ4v) is 3.33. The van der Waals surface area contributed by atoms with Gasteiger partial charge in [-0.05, 0) is 40.0 Å². The molecule has 0 aromatic carbocycles. The molecule has 0 unspecified atom stereocenters. The first-order valence-electron chi connectivity index (χ1n) is 7.05. The highest BCUT2D eigenvalue weighted by Gasteiger charge is 2.38. The quantitative estimate of drug-likeness (QED) is 0.693. The van der Waals surface area contributed by atoms with Crippen molar-refractivity contribution in [3.8, 4) is 0 Å². The Bertz CT molecular complexity index is 259. The molecule has 2 saturated heterocycles. The summed E-state index contributed by atoms with van der Waals surface area (Å²) in [5.41, 5.74) is -0.0305. The van der Waals surface area contributed by atoms with Crippen LogP contribution in [0, 0.1) is 0 Å². The molecule has 2 atom stereocenters. The van der Waals surface area contributed by atoms with Crippen molar-refractivity contribution in [1.82, 2.24) is 0 Å². The van der Waals surface area contributed by atoms with Crippen LogP contribution in [-0.4, -0.2) is 49.2 Å². The predicted octanol–water partition coefficient (Wildman–Crippen LogP) is 2.55. The third-order valence-electron chi connectivity index (χ3n) is 4.10. The highest BCUT2D eigenvalue weighted by Crippen LogP contribution is 2.29. The van der Waals surface area contributed by atoms with E-state index in [1.165, 1.54) is 32.4 Å². The molecule has 2 aliphatic heterocycles. The fraction of sp³-hybridized carbons (Fsp3) is 1.00. The minimum Gasteiger partial charge on any atom is -0.344 e. The summed E-state index contributed by atoms with van der Waals surface area (Å²) >= 11 is 0. The minimum absolute atomic E-state index is 0.0168. The lowest BCUT2D eigenvalue weighted by atomic mass is 10.00. The van der Waals surface area contributed by atoms with Gasteiger partial charge in [-0.25, -0.2) is 0 Å². The van der Waals surface area contributed by atoms with Crippen molar-refractivity contribution >= 4 is 0 Å². The predicted molar refractivity (Wildman–Crippen MR) is 68.8 cm³/mol. The summed E-state index contributed by atoms with van der Waals surface area (Å²) in [6, 6.07) is 0. The highest BCUT2D eigenvalue weighted by molar-refractivity contribution is 4.77. The van der Waals surface area contributed by atoms with Gasteiger partial charge in [-0.2, -0.15) is 0 Å². The molecule has 0 aliphatic carbocycles. The van der Waals surface area contributed by atoms with E-state index in [1.807, 2.05) is 0 Å². The number of likely N-dealkylation sites (tertiary alicyclic amines) is 1. The molecule has 3 heteroatoms. The lowest BCUT2D eigenvalue weighted by Gasteiger charge is -2.45. The Hall–Kier alpha value is -0.120. The summed E-state index contributed by atoms with van der Waals surface area (Å²) < 4.78 is 13.1. The standard InChI is InChI=1S/C14H28NO2/c1-12-10-14(2,3)17-13(16-12)11-15(4)8-6-5-7-9-15/h12-13H,5-11H2,1-4H3/q+1/t12-,13+/m1/s1. The third-order valence-corrected chi connectivity index (χ3v) is 4.10. The first-order chi connectivity index (χ1) is 7.89. The summed E-state index contributed by atoms with van der Waals surface area (Å²) in [5, 5.41) is 0. The number of likely N-dealkylation sites (N-methyl/N-ethyl adjacent to an activating group) is 1. The molecule has 17 heavy (non-hydrogen) atoms. The van der Waals surface area contributed by atoms with E-state index in [2.05, 4.69) is 27.8 Å². The van der Waals surface area contributed by atoms with E-state index in [0.29, 0.717) is 6.10 Å². The molecule has 0 bridgehead atoms. The van der Waals surface area contributed by atoms with Crippen LogP contribution in [0.15, 0.2) is 0 Å². The van der Waals surface area contributed by atoms with Gasteiger partial charge in [-0.3, -0.25) is 0 Å². The van der Waals surface area contributed by atoms with Gasteiger partial charge in [0.1, 0.15) is 6.54 Å². The van der Waals surface area contributed by atoms with Crippen LogP contribution in [0.25, 0.3) is 0 Å². The molecule has 0 spiro atoms. The van der Waals surface area contributed by atoms with E-state index in [-0.39, 0.29) is 11.9 Å². The SMILES string of the molecule is C[C@@H]1CC(C)(C)O[C@@H](C[N+]2(C)CCCCC2)O1. The van der Waals surface area contributed by atoms with Gasteiger partial charge in [-0.1, -0.05) is 0 Å². The van der Waals surface area contributed by atoms with Gasteiger partial charge in [0.2, 0.25) is 6.29 Å². The van der Waals surface area contributed by atoms with Gasteiger partial charge in [0, 0.05) is 6.42 Å². The second-order valence-corrected chi connectivity index (χ2v) is 6.77. The van der Waals surface area contributed by atoms with Crippen LogP contribution in [0.3, 0.4) is 0 Å². The molecule has 2 rings (SSSR count). The van der Waals surface area contributed by atoms with E-state index >= 15 is 0 Å². The Morgan fingerprint density at radius 2 is 1.82 bits per heavy atom. The number of hydrogen-bond acceptors (Lipinski definition) is 2. The van der Waals surface area contributed by atoms with E-state index in [0.717, 1.165) is 17.4 Å². The second-order valence-electron chi connectivity index (χ2n) is 6.77. The average Bonchev–Trinajstić information content (AvgIpc) is 2.13. The topological polar surface area (TPSA) is 18.5 Å². The van der Waals surface area contributed by atoms with Gasteiger partial charge >= 0.3 is 0 Å². The fourth-order valence-electron chi connectivity index (χ4n) is 3.33. The van der Waals surface area contributed by atoms with Gasteiger partial charge < -0.3 is 14.0 Å². The second kappa shape index (κ2) is 4.87. The van der Waals surface area contributed by atoms with Gasteiger partial charge in [-0.15, -0.1) is 0 Å². The molecule has 0 radical (unpaired) electrons. The lowest BCUT2D eigenvalue weighted by molar-refractivity contribution is -0.920. The van der Waals surface area contributed by atoms with Gasteiger partial charge in [0.05, 0.1) is 31.8 Å². The first kappa shape index (κ1) is 13.3. The largest absolute Gasteiger partial charge is 0.344 e. The van der Waals surface area contributed by atoms with E-state index in [4.69, 9.17) is 9.47 Å². The molecule has 0 amide bonds. The number of rotatable bonds is 2. The van der Waals surface area contributed by atoms with Crippen LogP contribution in [0.4, 0.5) is 0 Å². The number of nitrogens with zero attached hydrogens (tertiary/aromatic N) is 1. The van der Waals surface area contributed by atoms with Crippen LogP contribution < -0.4 is 0 Å². The van der Waals surface area contributed by atoms with Crippen LogP contribution in [0.5, 0.6) is 0 Å². The normalized spacial score (nSPS) is 36.7.